The van der Waals surface area contributed by atoms with Crippen molar-refractivity contribution in [2.24, 2.45) is 0 Å². The number of carbonyl (C=O) groups excluding carboxylic acids is 2. The molecule has 0 saturated heterocycles. The summed E-state index contributed by atoms with van der Waals surface area (Å²) in [7, 11) is 1.46. The first-order valence-electron chi connectivity index (χ1n) is 8.09. The van der Waals surface area contributed by atoms with Crippen LogP contribution in [0.4, 0.5) is 5.82 Å². The quantitative estimate of drug-likeness (QED) is 0.781. The van der Waals surface area contributed by atoms with E-state index in [2.05, 4.69) is 10.3 Å². The van der Waals surface area contributed by atoms with Gasteiger partial charge < -0.3 is 24.3 Å². The molecule has 2 aromatic rings. The molecule has 0 spiro atoms. The monoisotopic (exact) mass is 392 g/mol. The van der Waals surface area contributed by atoms with Gasteiger partial charge in [-0.15, -0.1) is 0 Å². The van der Waals surface area contributed by atoms with Gasteiger partial charge in [-0.3, -0.25) is 4.79 Å². The smallest absolute Gasteiger partial charge is 0.339 e. The lowest BCUT2D eigenvalue weighted by atomic mass is 10.1. The average molecular weight is 393 g/mol. The lowest BCUT2D eigenvalue weighted by molar-refractivity contribution is -0.123. The lowest BCUT2D eigenvalue weighted by Gasteiger charge is -2.21. The summed E-state index contributed by atoms with van der Waals surface area (Å²) in [5.74, 6) is 0.240. The predicted molar refractivity (Wildman–Crippen MR) is 96.7 cm³/mol. The number of fused-ring (bicyclic) bond motifs is 1. The molecule has 3 rings (SSSR count). The van der Waals surface area contributed by atoms with E-state index < -0.39 is 18.0 Å². The van der Waals surface area contributed by atoms with Crippen molar-refractivity contribution in [1.82, 2.24) is 4.98 Å². The molecule has 1 aliphatic heterocycles. The molecule has 0 bridgehead atoms. The number of benzene rings is 1. The molecule has 1 aromatic heterocycles. The molecule has 27 heavy (non-hydrogen) atoms. The molecule has 9 heteroatoms. The number of halogens is 1. The van der Waals surface area contributed by atoms with Gasteiger partial charge in [-0.1, -0.05) is 11.6 Å². The summed E-state index contributed by atoms with van der Waals surface area (Å²) in [4.78, 5) is 28.6. The highest BCUT2D eigenvalue weighted by atomic mass is 35.5. The Morgan fingerprint density at radius 3 is 2.74 bits per heavy atom. The average Bonchev–Trinajstić information content (AvgIpc) is 2.68. The number of carbonyl (C=O) groups is 2. The van der Waals surface area contributed by atoms with Crippen LogP contribution in [0.5, 0.6) is 17.2 Å². The van der Waals surface area contributed by atoms with Gasteiger partial charge in [-0.2, -0.15) is 0 Å². The van der Waals surface area contributed by atoms with Gasteiger partial charge in [0.25, 0.3) is 5.91 Å². The normalized spacial score (nSPS) is 13.4. The van der Waals surface area contributed by atoms with E-state index in [0.717, 1.165) is 0 Å². The van der Waals surface area contributed by atoms with Gasteiger partial charge in [0.05, 0.1) is 17.7 Å². The third-order valence-corrected chi connectivity index (χ3v) is 3.92. The fourth-order valence-corrected chi connectivity index (χ4v) is 2.46. The Morgan fingerprint density at radius 1 is 1.26 bits per heavy atom. The molecule has 0 unspecified atom stereocenters. The number of hydrogen-bond acceptors (Lipinski definition) is 7. The molecule has 142 valence electrons. The van der Waals surface area contributed by atoms with Crippen molar-refractivity contribution in [3.8, 4) is 17.2 Å². The SMILES string of the molecule is COc1cc(C(=O)O[C@@H](C)C(=O)Nc2ccc(Cl)cn2)cc2c1OCCO2. The third kappa shape index (κ3) is 4.40. The van der Waals surface area contributed by atoms with E-state index in [1.54, 1.807) is 12.1 Å². The number of methoxy groups -OCH3 is 1. The largest absolute Gasteiger partial charge is 0.493 e. The molecule has 1 aromatic carbocycles. The van der Waals surface area contributed by atoms with Crippen LogP contribution in [0, 0.1) is 0 Å². The third-order valence-electron chi connectivity index (χ3n) is 3.70. The Morgan fingerprint density at radius 2 is 2.04 bits per heavy atom. The summed E-state index contributed by atoms with van der Waals surface area (Å²) in [5, 5.41) is 2.99. The van der Waals surface area contributed by atoms with E-state index in [4.69, 9.17) is 30.5 Å². The maximum atomic E-state index is 12.4. The minimum atomic E-state index is -1.05. The molecule has 0 radical (unpaired) electrons. The fourth-order valence-electron chi connectivity index (χ4n) is 2.35. The number of nitrogens with one attached hydrogen (secondary N) is 1. The van der Waals surface area contributed by atoms with Crippen molar-refractivity contribution in [2.45, 2.75) is 13.0 Å². The van der Waals surface area contributed by atoms with E-state index in [0.29, 0.717) is 41.3 Å². The number of esters is 1. The van der Waals surface area contributed by atoms with Crippen molar-refractivity contribution in [3.05, 3.63) is 41.0 Å². The van der Waals surface area contributed by atoms with E-state index in [-0.39, 0.29) is 5.56 Å². The van der Waals surface area contributed by atoms with Crippen LogP contribution in [0.3, 0.4) is 0 Å². The zero-order chi connectivity index (χ0) is 19.4. The number of pyridine rings is 1. The lowest BCUT2D eigenvalue weighted by Crippen LogP contribution is -2.30. The highest BCUT2D eigenvalue weighted by Gasteiger charge is 2.24. The first-order chi connectivity index (χ1) is 13.0. The van der Waals surface area contributed by atoms with Crippen molar-refractivity contribution < 1.29 is 28.5 Å². The first-order valence-corrected chi connectivity index (χ1v) is 8.46. The number of amides is 1. The summed E-state index contributed by atoms with van der Waals surface area (Å²) in [6, 6.07) is 6.09. The van der Waals surface area contributed by atoms with E-state index >= 15 is 0 Å². The van der Waals surface area contributed by atoms with E-state index in [1.807, 2.05) is 0 Å². The Bertz CT molecular complexity index is 838. The van der Waals surface area contributed by atoms with Crippen molar-refractivity contribution >= 4 is 29.3 Å². The highest BCUT2D eigenvalue weighted by molar-refractivity contribution is 6.30. The predicted octanol–water partition coefficient (Wildman–Crippen LogP) is 2.70. The van der Waals surface area contributed by atoms with E-state index in [1.165, 1.54) is 32.4 Å². The zero-order valence-electron chi connectivity index (χ0n) is 14.7. The molecule has 1 amide bonds. The fraction of sp³-hybridized carbons (Fsp3) is 0.278. The van der Waals surface area contributed by atoms with Gasteiger partial charge >= 0.3 is 5.97 Å². The minimum absolute atomic E-state index is 0.181. The molecule has 0 aliphatic carbocycles. The topological polar surface area (TPSA) is 96.0 Å². The molecule has 1 aliphatic rings. The highest BCUT2D eigenvalue weighted by Crippen LogP contribution is 2.40. The van der Waals surface area contributed by atoms with Gasteiger partial charge in [-0.25, -0.2) is 9.78 Å². The molecule has 2 heterocycles. The number of nitrogens with zero attached hydrogens (tertiary/aromatic N) is 1. The second-order valence-corrected chi connectivity index (χ2v) is 6.04. The van der Waals surface area contributed by atoms with Crippen LogP contribution < -0.4 is 19.5 Å². The van der Waals surface area contributed by atoms with Crippen LogP contribution in [0.15, 0.2) is 30.5 Å². The second-order valence-electron chi connectivity index (χ2n) is 5.60. The molecular formula is C18H17ClN2O6. The number of anilines is 1. The van der Waals surface area contributed by atoms with Gasteiger partial charge in [-0.05, 0) is 31.2 Å². The van der Waals surface area contributed by atoms with Gasteiger partial charge in [0.1, 0.15) is 19.0 Å². The number of hydrogen-bond donors (Lipinski definition) is 1. The molecule has 1 atom stereocenters. The van der Waals surface area contributed by atoms with Crippen molar-refractivity contribution in [2.75, 3.05) is 25.6 Å². The van der Waals surface area contributed by atoms with E-state index in [9.17, 15) is 9.59 Å². The summed E-state index contributed by atoms with van der Waals surface area (Å²) in [6.45, 7) is 2.21. The van der Waals surface area contributed by atoms with Crippen molar-refractivity contribution in [1.29, 1.82) is 0 Å². The van der Waals surface area contributed by atoms with Crippen LogP contribution in [0.25, 0.3) is 0 Å². The van der Waals surface area contributed by atoms with Crippen LogP contribution >= 0.6 is 11.6 Å². The van der Waals surface area contributed by atoms with Crippen LogP contribution in [0.1, 0.15) is 17.3 Å². The number of rotatable bonds is 5. The Balaban J connectivity index is 1.69. The Kier molecular flexibility index (Phi) is 5.66. The number of aromatic nitrogens is 1. The summed E-state index contributed by atoms with van der Waals surface area (Å²) in [5.41, 5.74) is 0.181. The van der Waals surface area contributed by atoms with Gasteiger partial charge in [0.2, 0.25) is 5.75 Å². The Labute approximate surface area is 160 Å². The molecule has 0 saturated carbocycles. The van der Waals surface area contributed by atoms with Crippen LogP contribution in [0.2, 0.25) is 5.02 Å². The van der Waals surface area contributed by atoms with Crippen LogP contribution in [-0.4, -0.2) is 43.3 Å². The van der Waals surface area contributed by atoms with Gasteiger partial charge in [0, 0.05) is 6.20 Å². The molecule has 1 N–H and O–H groups in total. The summed E-state index contributed by atoms with van der Waals surface area (Å²) in [6.07, 6.45) is 0.351. The molecule has 8 nitrogen and oxygen atoms in total. The zero-order valence-corrected chi connectivity index (χ0v) is 15.4. The summed E-state index contributed by atoms with van der Waals surface area (Å²) >= 11 is 5.75. The van der Waals surface area contributed by atoms with Gasteiger partial charge in [0.15, 0.2) is 17.6 Å². The standard InChI is InChI=1S/C18H17ClN2O6/c1-10(17(22)21-15-4-3-12(19)9-20-15)27-18(23)11-7-13(24-2)16-14(8-11)25-5-6-26-16/h3-4,7-10H,5-6H2,1-2H3,(H,20,21,22)/t10-/m0/s1. The molecule has 0 fully saturated rings. The maximum absolute atomic E-state index is 12.4. The minimum Gasteiger partial charge on any atom is -0.493 e. The maximum Gasteiger partial charge on any atom is 0.339 e. The first kappa shape index (κ1) is 18.8. The Hall–Kier alpha value is -3.00. The number of ether oxygens (including phenoxy) is 4. The van der Waals surface area contributed by atoms with Crippen molar-refractivity contribution in [3.63, 3.8) is 0 Å². The van der Waals surface area contributed by atoms with Crippen LogP contribution in [-0.2, 0) is 9.53 Å². The summed E-state index contributed by atoms with van der Waals surface area (Å²) < 4.78 is 21.4. The molecular weight excluding hydrogens is 376 g/mol. The second kappa shape index (κ2) is 8.13.